The summed E-state index contributed by atoms with van der Waals surface area (Å²) in [6.07, 6.45) is -0.911. The zero-order valence-corrected chi connectivity index (χ0v) is 14.3. The van der Waals surface area contributed by atoms with Gasteiger partial charge in [-0.25, -0.2) is 4.79 Å². The van der Waals surface area contributed by atoms with Crippen molar-refractivity contribution in [2.45, 2.75) is 12.1 Å². The van der Waals surface area contributed by atoms with Gasteiger partial charge >= 0.3 is 6.09 Å². The minimum Gasteiger partial charge on any atom is -0.497 e. The van der Waals surface area contributed by atoms with Crippen molar-refractivity contribution >= 4 is 6.09 Å². The lowest BCUT2D eigenvalue weighted by atomic mass is 9.99. The van der Waals surface area contributed by atoms with Gasteiger partial charge in [0.25, 0.3) is 0 Å². The zero-order valence-electron chi connectivity index (χ0n) is 14.3. The molecule has 1 aromatic heterocycles. The van der Waals surface area contributed by atoms with E-state index in [0.717, 1.165) is 28.3 Å². The SMILES string of the molecule is COc1cccc([C@H]2OC(=O)N[C@@H]2c2cccc(-c3ccccc3)n2)c1. The van der Waals surface area contributed by atoms with Crippen LogP contribution in [0, 0.1) is 0 Å². The zero-order chi connectivity index (χ0) is 17.9. The van der Waals surface area contributed by atoms with Crippen molar-refractivity contribution in [3.8, 4) is 17.0 Å². The summed E-state index contributed by atoms with van der Waals surface area (Å²) < 4.78 is 10.8. The Morgan fingerprint density at radius 1 is 1.00 bits per heavy atom. The van der Waals surface area contributed by atoms with Crippen molar-refractivity contribution in [2.75, 3.05) is 7.11 Å². The molecule has 1 N–H and O–H groups in total. The Morgan fingerprint density at radius 2 is 1.81 bits per heavy atom. The Balaban J connectivity index is 1.70. The number of amides is 1. The number of cyclic esters (lactones) is 1. The van der Waals surface area contributed by atoms with Crippen LogP contribution < -0.4 is 10.1 Å². The second kappa shape index (κ2) is 6.88. The monoisotopic (exact) mass is 346 g/mol. The molecule has 4 rings (SSSR count). The lowest BCUT2D eigenvalue weighted by Crippen LogP contribution is -2.20. The summed E-state index contributed by atoms with van der Waals surface area (Å²) in [7, 11) is 1.61. The molecule has 0 unspecified atom stereocenters. The van der Waals surface area contributed by atoms with Crippen LogP contribution in [0.3, 0.4) is 0 Å². The smallest absolute Gasteiger partial charge is 0.408 e. The molecule has 0 bridgehead atoms. The molecule has 1 saturated heterocycles. The number of hydrogen-bond donors (Lipinski definition) is 1. The van der Waals surface area contributed by atoms with Crippen LogP contribution in [0.25, 0.3) is 11.3 Å². The van der Waals surface area contributed by atoms with Crippen molar-refractivity contribution in [1.82, 2.24) is 10.3 Å². The average Bonchev–Trinajstić information content (AvgIpc) is 3.11. The maximum Gasteiger partial charge on any atom is 0.408 e. The molecule has 1 aliphatic heterocycles. The number of carbonyl (C=O) groups is 1. The molecule has 3 aromatic rings. The molecular formula is C21H18N2O3. The molecule has 1 aliphatic rings. The number of pyridine rings is 1. The van der Waals surface area contributed by atoms with Gasteiger partial charge in [-0.2, -0.15) is 0 Å². The Kier molecular flexibility index (Phi) is 4.27. The first kappa shape index (κ1) is 16.1. The maximum absolute atomic E-state index is 11.9. The molecule has 0 saturated carbocycles. The molecule has 26 heavy (non-hydrogen) atoms. The van der Waals surface area contributed by atoms with Crippen LogP contribution in [0.15, 0.2) is 72.8 Å². The molecule has 2 aromatic carbocycles. The lowest BCUT2D eigenvalue weighted by molar-refractivity contribution is 0.131. The van der Waals surface area contributed by atoms with E-state index in [1.54, 1.807) is 7.11 Å². The molecule has 1 fully saturated rings. The topological polar surface area (TPSA) is 60.5 Å². The number of alkyl carbamates (subject to hydrolysis) is 1. The number of rotatable bonds is 4. The third kappa shape index (κ3) is 3.11. The highest BCUT2D eigenvalue weighted by molar-refractivity contribution is 5.71. The normalized spacial score (nSPS) is 18.9. The van der Waals surface area contributed by atoms with Crippen molar-refractivity contribution in [1.29, 1.82) is 0 Å². The van der Waals surface area contributed by atoms with Crippen LogP contribution in [-0.4, -0.2) is 18.2 Å². The third-order valence-electron chi connectivity index (χ3n) is 4.39. The number of hydrogen-bond acceptors (Lipinski definition) is 4. The van der Waals surface area contributed by atoms with Crippen molar-refractivity contribution in [2.24, 2.45) is 0 Å². The van der Waals surface area contributed by atoms with E-state index in [9.17, 15) is 4.79 Å². The van der Waals surface area contributed by atoms with Gasteiger partial charge < -0.3 is 14.8 Å². The highest BCUT2D eigenvalue weighted by atomic mass is 16.6. The van der Waals surface area contributed by atoms with Gasteiger partial charge in [-0.3, -0.25) is 4.98 Å². The fourth-order valence-corrected chi connectivity index (χ4v) is 3.12. The van der Waals surface area contributed by atoms with E-state index < -0.39 is 12.2 Å². The highest BCUT2D eigenvalue weighted by Gasteiger charge is 2.37. The average molecular weight is 346 g/mol. The predicted molar refractivity (Wildman–Crippen MR) is 97.8 cm³/mol. The van der Waals surface area contributed by atoms with Gasteiger partial charge in [0.05, 0.1) is 18.5 Å². The molecule has 0 spiro atoms. The first-order chi connectivity index (χ1) is 12.7. The van der Waals surface area contributed by atoms with Gasteiger partial charge in [-0.15, -0.1) is 0 Å². The van der Waals surface area contributed by atoms with Crippen LogP contribution in [0.1, 0.15) is 23.4 Å². The van der Waals surface area contributed by atoms with E-state index in [4.69, 9.17) is 14.5 Å². The second-order valence-electron chi connectivity index (χ2n) is 6.04. The van der Waals surface area contributed by atoms with E-state index in [2.05, 4.69) is 5.32 Å². The highest BCUT2D eigenvalue weighted by Crippen LogP contribution is 2.37. The minimum atomic E-state index is -0.462. The summed E-state index contributed by atoms with van der Waals surface area (Å²) >= 11 is 0. The van der Waals surface area contributed by atoms with Gasteiger partial charge in [0.1, 0.15) is 11.8 Å². The number of carbonyl (C=O) groups excluding carboxylic acids is 1. The van der Waals surface area contributed by atoms with E-state index >= 15 is 0 Å². The summed E-state index contributed by atoms with van der Waals surface area (Å²) in [5.41, 5.74) is 3.50. The summed E-state index contributed by atoms with van der Waals surface area (Å²) in [6.45, 7) is 0. The van der Waals surface area contributed by atoms with Crippen LogP contribution in [-0.2, 0) is 4.74 Å². The number of benzene rings is 2. The first-order valence-corrected chi connectivity index (χ1v) is 8.38. The maximum atomic E-state index is 11.9. The standard InChI is InChI=1S/C21H18N2O3/c1-25-16-10-5-9-15(13-16)20-19(23-21(24)26-20)18-12-6-11-17(22-18)14-7-3-2-4-8-14/h2-13,19-20H,1H3,(H,23,24)/t19-,20-/m1/s1. The molecule has 5 nitrogen and oxygen atoms in total. The fraction of sp³-hybridized carbons (Fsp3) is 0.143. The van der Waals surface area contributed by atoms with Crippen molar-refractivity contribution in [3.05, 3.63) is 84.1 Å². The summed E-state index contributed by atoms with van der Waals surface area (Å²) in [6, 6.07) is 22.9. The van der Waals surface area contributed by atoms with Gasteiger partial charge in [0.2, 0.25) is 0 Å². The quantitative estimate of drug-likeness (QED) is 0.766. The van der Waals surface area contributed by atoms with E-state index in [1.807, 2.05) is 72.8 Å². The number of aromatic nitrogens is 1. The van der Waals surface area contributed by atoms with Crippen LogP contribution in [0.4, 0.5) is 4.79 Å². The molecule has 5 heteroatoms. The van der Waals surface area contributed by atoms with Gasteiger partial charge in [-0.05, 0) is 29.8 Å². The van der Waals surface area contributed by atoms with Crippen molar-refractivity contribution in [3.63, 3.8) is 0 Å². The van der Waals surface area contributed by atoms with Crippen LogP contribution >= 0.6 is 0 Å². The number of nitrogens with one attached hydrogen (secondary N) is 1. The molecule has 2 atom stereocenters. The Bertz CT molecular complexity index is 927. The van der Waals surface area contributed by atoms with Crippen LogP contribution in [0.2, 0.25) is 0 Å². The molecule has 2 heterocycles. The van der Waals surface area contributed by atoms with E-state index in [0.29, 0.717) is 0 Å². The number of ether oxygens (including phenoxy) is 2. The predicted octanol–water partition coefficient (Wildman–Crippen LogP) is 4.28. The van der Waals surface area contributed by atoms with Crippen molar-refractivity contribution < 1.29 is 14.3 Å². The van der Waals surface area contributed by atoms with Gasteiger partial charge in [0.15, 0.2) is 6.10 Å². The fourth-order valence-electron chi connectivity index (χ4n) is 3.12. The molecule has 0 radical (unpaired) electrons. The molecule has 130 valence electrons. The number of methoxy groups -OCH3 is 1. The lowest BCUT2D eigenvalue weighted by Gasteiger charge is -2.18. The number of nitrogens with zero attached hydrogens (tertiary/aromatic N) is 1. The second-order valence-corrected chi connectivity index (χ2v) is 6.04. The molecule has 0 aliphatic carbocycles. The van der Waals surface area contributed by atoms with Gasteiger partial charge in [-0.1, -0.05) is 48.5 Å². The van der Waals surface area contributed by atoms with E-state index in [-0.39, 0.29) is 6.04 Å². The van der Waals surface area contributed by atoms with E-state index in [1.165, 1.54) is 0 Å². The first-order valence-electron chi connectivity index (χ1n) is 8.38. The molecular weight excluding hydrogens is 328 g/mol. The largest absolute Gasteiger partial charge is 0.497 e. The summed E-state index contributed by atoms with van der Waals surface area (Å²) in [5, 5.41) is 2.87. The van der Waals surface area contributed by atoms with Gasteiger partial charge in [0, 0.05) is 5.56 Å². The van der Waals surface area contributed by atoms with Crippen LogP contribution in [0.5, 0.6) is 5.75 Å². The minimum absolute atomic E-state index is 0.363. The Labute approximate surface area is 151 Å². The third-order valence-corrected chi connectivity index (χ3v) is 4.39. The summed E-state index contributed by atoms with van der Waals surface area (Å²) in [4.78, 5) is 16.7. The molecule has 1 amide bonds. The summed E-state index contributed by atoms with van der Waals surface area (Å²) in [5.74, 6) is 0.718. The Morgan fingerprint density at radius 3 is 2.62 bits per heavy atom. The Hall–Kier alpha value is -3.34.